The summed E-state index contributed by atoms with van der Waals surface area (Å²) in [6.07, 6.45) is 3.34. The van der Waals surface area contributed by atoms with Crippen LogP contribution >= 0.6 is 0 Å². The number of amides is 2. The third-order valence-electron chi connectivity index (χ3n) is 3.10. The predicted molar refractivity (Wildman–Crippen MR) is 83.2 cm³/mol. The molecular weight excluding hydrogens is 264 g/mol. The minimum Gasteiger partial charge on any atom is -0.332 e. The quantitative estimate of drug-likeness (QED) is 0.905. The smallest absolute Gasteiger partial charge is 0.319 e. The fourth-order valence-electron chi connectivity index (χ4n) is 1.81. The number of aromatic nitrogens is 2. The van der Waals surface area contributed by atoms with Gasteiger partial charge in [0, 0.05) is 11.9 Å². The molecule has 110 valence electrons. The van der Waals surface area contributed by atoms with E-state index in [1.165, 1.54) is 5.56 Å². The van der Waals surface area contributed by atoms with Gasteiger partial charge in [-0.15, -0.1) is 0 Å². The summed E-state index contributed by atoms with van der Waals surface area (Å²) >= 11 is 0. The highest BCUT2D eigenvalue weighted by Crippen LogP contribution is 2.16. The fourth-order valence-corrected chi connectivity index (χ4v) is 1.81. The lowest BCUT2D eigenvalue weighted by Crippen LogP contribution is -2.28. The Morgan fingerprint density at radius 1 is 1.14 bits per heavy atom. The van der Waals surface area contributed by atoms with Crippen molar-refractivity contribution in [2.45, 2.75) is 33.2 Å². The maximum Gasteiger partial charge on any atom is 0.319 e. The number of aryl methyl sites for hydroxylation is 1. The first-order valence-electron chi connectivity index (χ1n) is 6.97. The molecule has 2 rings (SSSR count). The number of urea groups is 1. The summed E-state index contributed by atoms with van der Waals surface area (Å²) in [5, 5.41) is 5.54. The largest absolute Gasteiger partial charge is 0.332 e. The number of anilines is 1. The summed E-state index contributed by atoms with van der Waals surface area (Å²) in [5.41, 5.74) is 3.60. The number of carbonyl (C=O) groups is 1. The van der Waals surface area contributed by atoms with Gasteiger partial charge in [0.1, 0.15) is 0 Å². The monoisotopic (exact) mass is 284 g/mol. The number of rotatable bonds is 4. The Labute approximate surface area is 124 Å². The second kappa shape index (κ2) is 6.83. The molecule has 1 aromatic carbocycles. The molecule has 0 aliphatic carbocycles. The van der Waals surface area contributed by atoms with Crippen LogP contribution in [-0.4, -0.2) is 16.0 Å². The van der Waals surface area contributed by atoms with Gasteiger partial charge in [-0.3, -0.25) is 9.97 Å². The number of carbonyl (C=O) groups excluding carboxylic acids is 1. The standard InChI is InChI=1S/C16H20N4O/c1-11(2)13-4-6-14(7-5-13)20-16(21)19-10-15-9-17-12(3)8-18-15/h4-9,11H,10H2,1-3H3,(H2,19,20,21). The summed E-state index contributed by atoms with van der Waals surface area (Å²) in [7, 11) is 0. The van der Waals surface area contributed by atoms with Crippen molar-refractivity contribution in [3.63, 3.8) is 0 Å². The van der Waals surface area contributed by atoms with E-state index in [0.29, 0.717) is 12.5 Å². The average Bonchev–Trinajstić information content (AvgIpc) is 2.47. The first kappa shape index (κ1) is 15.0. The van der Waals surface area contributed by atoms with Crippen molar-refractivity contribution < 1.29 is 4.79 Å². The van der Waals surface area contributed by atoms with E-state index in [4.69, 9.17) is 0 Å². The molecular formula is C16H20N4O. The van der Waals surface area contributed by atoms with Crippen molar-refractivity contribution in [2.24, 2.45) is 0 Å². The van der Waals surface area contributed by atoms with Crippen LogP contribution in [0.5, 0.6) is 0 Å². The van der Waals surface area contributed by atoms with Crippen molar-refractivity contribution in [2.75, 3.05) is 5.32 Å². The van der Waals surface area contributed by atoms with Crippen LogP contribution in [0, 0.1) is 6.92 Å². The number of nitrogens with one attached hydrogen (secondary N) is 2. The summed E-state index contributed by atoms with van der Waals surface area (Å²) in [4.78, 5) is 20.1. The fraction of sp³-hybridized carbons (Fsp3) is 0.312. The highest BCUT2D eigenvalue weighted by molar-refractivity contribution is 5.89. The molecule has 21 heavy (non-hydrogen) atoms. The highest BCUT2D eigenvalue weighted by atomic mass is 16.2. The number of benzene rings is 1. The zero-order chi connectivity index (χ0) is 15.2. The van der Waals surface area contributed by atoms with E-state index in [2.05, 4.69) is 34.4 Å². The molecule has 0 aliphatic heterocycles. The molecule has 0 aliphatic rings. The Kier molecular flexibility index (Phi) is 4.87. The van der Waals surface area contributed by atoms with E-state index in [9.17, 15) is 4.79 Å². The van der Waals surface area contributed by atoms with Crippen molar-refractivity contribution in [3.05, 3.63) is 53.6 Å². The topological polar surface area (TPSA) is 66.9 Å². The minimum atomic E-state index is -0.255. The van der Waals surface area contributed by atoms with Gasteiger partial charge < -0.3 is 10.6 Å². The van der Waals surface area contributed by atoms with Gasteiger partial charge >= 0.3 is 6.03 Å². The first-order valence-corrected chi connectivity index (χ1v) is 6.97. The van der Waals surface area contributed by atoms with Crippen molar-refractivity contribution >= 4 is 11.7 Å². The lowest BCUT2D eigenvalue weighted by Gasteiger charge is -2.09. The van der Waals surface area contributed by atoms with E-state index in [1.807, 2.05) is 31.2 Å². The van der Waals surface area contributed by atoms with E-state index in [-0.39, 0.29) is 6.03 Å². The number of hydrogen-bond donors (Lipinski definition) is 2. The van der Waals surface area contributed by atoms with Gasteiger partial charge in [-0.25, -0.2) is 4.79 Å². The van der Waals surface area contributed by atoms with Crippen LogP contribution in [0.15, 0.2) is 36.7 Å². The number of hydrogen-bond acceptors (Lipinski definition) is 3. The Hall–Kier alpha value is -2.43. The molecule has 0 radical (unpaired) electrons. The van der Waals surface area contributed by atoms with E-state index in [0.717, 1.165) is 17.1 Å². The van der Waals surface area contributed by atoms with E-state index in [1.54, 1.807) is 12.4 Å². The summed E-state index contributed by atoms with van der Waals surface area (Å²) in [5.74, 6) is 0.480. The van der Waals surface area contributed by atoms with Gasteiger partial charge in [0.25, 0.3) is 0 Å². The zero-order valence-corrected chi connectivity index (χ0v) is 12.6. The molecule has 5 nitrogen and oxygen atoms in total. The van der Waals surface area contributed by atoms with Crippen LogP contribution in [0.25, 0.3) is 0 Å². The normalized spacial score (nSPS) is 10.5. The molecule has 2 amide bonds. The highest BCUT2D eigenvalue weighted by Gasteiger charge is 2.04. The lowest BCUT2D eigenvalue weighted by atomic mass is 10.0. The molecule has 2 aromatic rings. The Morgan fingerprint density at radius 2 is 1.86 bits per heavy atom. The molecule has 0 unspecified atom stereocenters. The molecule has 2 N–H and O–H groups in total. The van der Waals surface area contributed by atoms with Crippen LogP contribution in [0.1, 0.15) is 36.7 Å². The SMILES string of the molecule is Cc1cnc(CNC(=O)Nc2ccc(C(C)C)cc2)cn1. The van der Waals surface area contributed by atoms with Crippen molar-refractivity contribution in [3.8, 4) is 0 Å². The Morgan fingerprint density at radius 3 is 2.43 bits per heavy atom. The third-order valence-corrected chi connectivity index (χ3v) is 3.10. The molecule has 0 saturated carbocycles. The van der Waals surface area contributed by atoms with Crippen LogP contribution in [0.4, 0.5) is 10.5 Å². The third kappa shape index (κ3) is 4.56. The Balaban J connectivity index is 1.85. The van der Waals surface area contributed by atoms with Gasteiger partial charge in [0.2, 0.25) is 0 Å². The average molecular weight is 284 g/mol. The molecule has 0 bridgehead atoms. The molecule has 0 spiro atoms. The van der Waals surface area contributed by atoms with Crippen LogP contribution in [-0.2, 0) is 6.54 Å². The van der Waals surface area contributed by atoms with Crippen LogP contribution in [0.3, 0.4) is 0 Å². The zero-order valence-electron chi connectivity index (χ0n) is 12.6. The van der Waals surface area contributed by atoms with Crippen molar-refractivity contribution in [1.29, 1.82) is 0 Å². The number of nitrogens with zero attached hydrogens (tertiary/aromatic N) is 2. The van der Waals surface area contributed by atoms with E-state index >= 15 is 0 Å². The van der Waals surface area contributed by atoms with Gasteiger partial charge in [0.15, 0.2) is 0 Å². The van der Waals surface area contributed by atoms with Crippen molar-refractivity contribution in [1.82, 2.24) is 15.3 Å². The van der Waals surface area contributed by atoms with E-state index < -0.39 is 0 Å². The van der Waals surface area contributed by atoms with Gasteiger partial charge in [-0.05, 0) is 30.5 Å². The van der Waals surface area contributed by atoms with Crippen LogP contribution < -0.4 is 10.6 Å². The first-order chi connectivity index (χ1) is 10.0. The summed E-state index contributed by atoms with van der Waals surface area (Å²) < 4.78 is 0. The predicted octanol–water partition coefficient (Wildman–Crippen LogP) is 3.23. The lowest BCUT2D eigenvalue weighted by molar-refractivity contribution is 0.251. The summed E-state index contributed by atoms with van der Waals surface area (Å²) in [6.45, 7) is 6.50. The molecule has 1 aromatic heterocycles. The molecule has 0 saturated heterocycles. The molecule has 0 atom stereocenters. The maximum atomic E-state index is 11.8. The molecule has 0 fully saturated rings. The minimum absolute atomic E-state index is 0.255. The second-order valence-electron chi connectivity index (χ2n) is 5.23. The second-order valence-corrected chi connectivity index (χ2v) is 5.23. The van der Waals surface area contributed by atoms with Gasteiger partial charge in [0.05, 0.1) is 24.1 Å². The van der Waals surface area contributed by atoms with Gasteiger partial charge in [-0.1, -0.05) is 26.0 Å². The molecule has 5 heteroatoms. The Bertz CT molecular complexity index is 591. The molecule has 1 heterocycles. The van der Waals surface area contributed by atoms with Crippen LogP contribution in [0.2, 0.25) is 0 Å². The maximum absolute atomic E-state index is 11.8. The van der Waals surface area contributed by atoms with Gasteiger partial charge in [-0.2, -0.15) is 0 Å². The summed E-state index contributed by atoms with van der Waals surface area (Å²) in [6, 6.07) is 7.59.